The molecule has 0 fully saturated rings. The Morgan fingerprint density at radius 3 is 2.45 bits per heavy atom. The molecule has 102 valence electrons. The Bertz CT molecular complexity index is 746. The van der Waals surface area contributed by atoms with Gasteiger partial charge in [-0.1, -0.05) is 18.2 Å². The van der Waals surface area contributed by atoms with Gasteiger partial charge in [-0.25, -0.2) is 0 Å². The minimum Gasteiger partial charge on any atom is -0.497 e. The Kier molecular flexibility index (Phi) is 3.47. The molecule has 1 aromatic heterocycles. The molecule has 0 aliphatic rings. The van der Waals surface area contributed by atoms with Crippen molar-refractivity contribution >= 4 is 22.1 Å². The molecule has 20 heavy (non-hydrogen) atoms. The summed E-state index contributed by atoms with van der Waals surface area (Å²) in [4.78, 5) is 2.19. The number of fused-ring (bicyclic) bond motifs is 1. The van der Waals surface area contributed by atoms with Gasteiger partial charge in [0.2, 0.25) is 0 Å². The highest BCUT2D eigenvalue weighted by molar-refractivity contribution is 7.12. The fourth-order valence-corrected chi connectivity index (χ4v) is 3.20. The first kappa shape index (κ1) is 13.2. The molecule has 0 bridgehead atoms. The monoisotopic (exact) mass is 284 g/mol. The van der Waals surface area contributed by atoms with Gasteiger partial charge in [0.25, 0.3) is 0 Å². The molecule has 1 N–H and O–H groups in total. The summed E-state index contributed by atoms with van der Waals surface area (Å²) in [5.74, 6) is 0.847. The number of methoxy groups -OCH3 is 1. The topological polar surface area (TPSA) is 29.5 Å². The molecule has 3 heteroatoms. The van der Waals surface area contributed by atoms with E-state index < -0.39 is 6.10 Å². The molecule has 2 nitrogen and oxygen atoms in total. The number of aliphatic hydroxyl groups excluding tert-OH is 1. The molecule has 3 rings (SSSR count). The van der Waals surface area contributed by atoms with Crippen LogP contribution in [0.25, 0.3) is 10.8 Å². The molecule has 1 heterocycles. The number of hydrogen-bond acceptors (Lipinski definition) is 3. The third-order valence-corrected chi connectivity index (χ3v) is 4.47. The van der Waals surface area contributed by atoms with Crippen molar-refractivity contribution in [2.45, 2.75) is 13.0 Å². The number of rotatable bonds is 3. The van der Waals surface area contributed by atoms with Crippen molar-refractivity contribution in [3.63, 3.8) is 0 Å². The van der Waals surface area contributed by atoms with Crippen LogP contribution in [0.3, 0.4) is 0 Å². The Morgan fingerprint density at radius 1 is 1.00 bits per heavy atom. The zero-order valence-electron chi connectivity index (χ0n) is 11.5. The number of benzene rings is 2. The second-order valence-corrected chi connectivity index (χ2v) is 6.14. The summed E-state index contributed by atoms with van der Waals surface area (Å²) in [5, 5.41) is 12.7. The van der Waals surface area contributed by atoms with Gasteiger partial charge in [-0.15, -0.1) is 11.3 Å². The molecule has 0 amide bonds. The van der Waals surface area contributed by atoms with Crippen LogP contribution >= 0.6 is 11.3 Å². The smallest absolute Gasteiger partial charge is 0.119 e. The van der Waals surface area contributed by atoms with E-state index >= 15 is 0 Å². The minimum atomic E-state index is -0.555. The normalized spacial score (nSPS) is 12.6. The van der Waals surface area contributed by atoms with Crippen LogP contribution in [0.4, 0.5) is 0 Å². The van der Waals surface area contributed by atoms with Gasteiger partial charge in [-0.2, -0.15) is 0 Å². The second-order valence-electron chi connectivity index (χ2n) is 4.82. The molecule has 2 aromatic carbocycles. The van der Waals surface area contributed by atoms with Crippen LogP contribution in [-0.2, 0) is 0 Å². The Balaban J connectivity index is 2.00. The SMILES string of the molecule is COc1ccc2cc(C(O)c3ccc(C)s3)ccc2c1. The van der Waals surface area contributed by atoms with Crippen LogP contribution in [0.15, 0.2) is 48.5 Å². The van der Waals surface area contributed by atoms with E-state index in [1.54, 1.807) is 18.4 Å². The van der Waals surface area contributed by atoms with Crippen molar-refractivity contribution in [3.05, 3.63) is 63.8 Å². The van der Waals surface area contributed by atoms with Crippen molar-refractivity contribution in [2.24, 2.45) is 0 Å². The molecule has 0 saturated carbocycles. The first-order chi connectivity index (χ1) is 9.67. The molecular weight excluding hydrogens is 268 g/mol. The summed E-state index contributed by atoms with van der Waals surface area (Å²) >= 11 is 1.63. The number of aliphatic hydroxyl groups is 1. The lowest BCUT2D eigenvalue weighted by molar-refractivity contribution is 0.224. The van der Waals surface area contributed by atoms with E-state index in [2.05, 4.69) is 0 Å². The lowest BCUT2D eigenvalue weighted by Gasteiger charge is -2.10. The Labute approximate surface area is 122 Å². The van der Waals surface area contributed by atoms with Crippen LogP contribution in [0.5, 0.6) is 5.75 Å². The van der Waals surface area contributed by atoms with Gasteiger partial charge in [0.05, 0.1) is 7.11 Å². The number of thiophene rings is 1. The molecule has 0 radical (unpaired) electrons. The zero-order valence-corrected chi connectivity index (χ0v) is 12.3. The first-order valence-electron chi connectivity index (χ1n) is 6.49. The molecule has 0 saturated heterocycles. The first-order valence-corrected chi connectivity index (χ1v) is 7.31. The summed E-state index contributed by atoms with van der Waals surface area (Å²) in [5.41, 5.74) is 0.921. The average Bonchev–Trinajstić information content (AvgIpc) is 2.92. The van der Waals surface area contributed by atoms with Gasteiger partial charge >= 0.3 is 0 Å². The fraction of sp³-hybridized carbons (Fsp3) is 0.176. The minimum absolute atomic E-state index is 0.555. The van der Waals surface area contributed by atoms with Crippen LogP contribution in [-0.4, -0.2) is 12.2 Å². The highest BCUT2D eigenvalue weighted by atomic mass is 32.1. The van der Waals surface area contributed by atoms with Crippen molar-refractivity contribution in [3.8, 4) is 5.75 Å². The van der Waals surface area contributed by atoms with E-state index in [4.69, 9.17) is 4.74 Å². The molecule has 1 unspecified atom stereocenters. The Morgan fingerprint density at radius 2 is 1.75 bits per heavy atom. The Hall–Kier alpha value is -1.84. The maximum Gasteiger partial charge on any atom is 0.119 e. The zero-order chi connectivity index (χ0) is 14.1. The van der Waals surface area contributed by atoms with Crippen molar-refractivity contribution < 1.29 is 9.84 Å². The van der Waals surface area contributed by atoms with Crippen molar-refractivity contribution in [1.29, 1.82) is 0 Å². The van der Waals surface area contributed by atoms with E-state index in [1.165, 1.54) is 4.88 Å². The molecule has 0 aliphatic heterocycles. The molecular formula is C17H16O2S. The summed E-state index contributed by atoms with van der Waals surface area (Å²) in [6, 6.07) is 16.0. The van der Waals surface area contributed by atoms with E-state index in [-0.39, 0.29) is 0 Å². The predicted molar refractivity (Wildman–Crippen MR) is 83.6 cm³/mol. The molecule has 0 spiro atoms. The molecule has 0 aliphatic carbocycles. The summed E-state index contributed by atoms with van der Waals surface area (Å²) in [6.07, 6.45) is -0.555. The van der Waals surface area contributed by atoms with E-state index in [9.17, 15) is 5.11 Å². The summed E-state index contributed by atoms with van der Waals surface area (Å²) in [7, 11) is 1.67. The number of ether oxygens (including phenoxy) is 1. The maximum atomic E-state index is 10.5. The van der Waals surface area contributed by atoms with Gasteiger partial charge in [0.15, 0.2) is 0 Å². The van der Waals surface area contributed by atoms with Crippen molar-refractivity contribution in [1.82, 2.24) is 0 Å². The largest absolute Gasteiger partial charge is 0.497 e. The third kappa shape index (κ3) is 2.42. The van der Waals surface area contributed by atoms with Gasteiger partial charge in [0, 0.05) is 9.75 Å². The van der Waals surface area contributed by atoms with Gasteiger partial charge in [-0.05, 0) is 53.6 Å². The predicted octanol–water partition coefficient (Wildman–Crippen LogP) is 4.30. The van der Waals surface area contributed by atoms with Gasteiger partial charge in [0.1, 0.15) is 11.9 Å². The number of aryl methyl sites for hydroxylation is 1. The van der Waals surface area contributed by atoms with E-state index in [1.807, 2.05) is 55.5 Å². The highest BCUT2D eigenvalue weighted by Crippen LogP contribution is 2.30. The average molecular weight is 284 g/mol. The van der Waals surface area contributed by atoms with Crippen LogP contribution < -0.4 is 4.74 Å². The lowest BCUT2D eigenvalue weighted by Crippen LogP contribution is -1.96. The highest BCUT2D eigenvalue weighted by Gasteiger charge is 2.12. The standard InChI is InChI=1S/C17H16O2S/c1-11-3-8-16(20-11)17(18)14-5-4-13-10-15(19-2)7-6-12(13)9-14/h3-10,17-18H,1-2H3. The van der Waals surface area contributed by atoms with Gasteiger partial charge in [-0.3, -0.25) is 0 Å². The number of hydrogen-bond donors (Lipinski definition) is 1. The van der Waals surface area contributed by atoms with Crippen LogP contribution in [0, 0.1) is 6.92 Å². The van der Waals surface area contributed by atoms with Crippen LogP contribution in [0.1, 0.15) is 21.4 Å². The second kappa shape index (κ2) is 5.27. The lowest BCUT2D eigenvalue weighted by atomic mass is 10.0. The molecule has 3 aromatic rings. The summed E-state index contributed by atoms with van der Waals surface area (Å²) in [6.45, 7) is 2.05. The van der Waals surface area contributed by atoms with Crippen molar-refractivity contribution in [2.75, 3.05) is 7.11 Å². The maximum absolute atomic E-state index is 10.5. The van der Waals surface area contributed by atoms with E-state index in [0.29, 0.717) is 0 Å². The third-order valence-electron chi connectivity index (χ3n) is 3.42. The molecule has 1 atom stereocenters. The van der Waals surface area contributed by atoms with E-state index in [0.717, 1.165) is 27.0 Å². The summed E-state index contributed by atoms with van der Waals surface area (Å²) < 4.78 is 5.22. The van der Waals surface area contributed by atoms with Gasteiger partial charge < -0.3 is 9.84 Å². The van der Waals surface area contributed by atoms with Crippen LogP contribution in [0.2, 0.25) is 0 Å². The quantitative estimate of drug-likeness (QED) is 0.777. The fourth-order valence-electron chi connectivity index (χ4n) is 2.30.